The molecule has 20 heavy (non-hydrogen) atoms. The number of aromatic amines is 1. The Morgan fingerprint density at radius 3 is 2.70 bits per heavy atom. The molecule has 0 saturated carbocycles. The van der Waals surface area contributed by atoms with Gasteiger partial charge in [0.05, 0.1) is 0 Å². The van der Waals surface area contributed by atoms with Crippen LogP contribution in [0.2, 0.25) is 0 Å². The van der Waals surface area contributed by atoms with Crippen LogP contribution >= 0.6 is 11.3 Å². The minimum absolute atomic E-state index is 0.929. The standard InChI is InChI=1S/C16H11N3S/c1-2-12(9-17-6-1)14-3-4-15(20-14)13-8-11-5-7-18-16(11)19-10-13/h1-10H,(H,18,19). The van der Waals surface area contributed by atoms with Gasteiger partial charge < -0.3 is 4.98 Å². The molecule has 0 aliphatic carbocycles. The van der Waals surface area contributed by atoms with Crippen LogP contribution in [0, 0.1) is 0 Å². The number of nitrogens with zero attached hydrogens (tertiary/aromatic N) is 2. The quantitative estimate of drug-likeness (QED) is 0.591. The predicted molar refractivity (Wildman–Crippen MR) is 82.6 cm³/mol. The molecular weight excluding hydrogens is 266 g/mol. The minimum atomic E-state index is 0.929. The van der Waals surface area contributed by atoms with Gasteiger partial charge in [-0.15, -0.1) is 11.3 Å². The first-order valence-electron chi connectivity index (χ1n) is 6.34. The van der Waals surface area contributed by atoms with Gasteiger partial charge >= 0.3 is 0 Å². The molecule has 4 heterocycles. The summed E-state index contributed by atoms with van der Waals surface area (Å²) in [5.74, 6) is 0. The zero-order valence-corrected chi connectivity index (χ0v) is 11.4. The van der Waals surface area contributed by atoms with Crippen LogP contribution in [0.5, 0.6) is 0 Å². The molecule has 4 aromatic heterocycles. The summed E-state index contributed by atoms with van der Waals surface area (Å²) in [7, 11) is 0. The van der Waals surface area contributed by atoms with E-state index in [1.807, 2.05) is 30.7 Å². The van der Waals surface area contributed by atoms with E-state index in [0.29, 0.717) is 0 Å². The number of thiophene rings is 1. The maximum Gasteiger partial charge on any atom is 0.137 e. The third-order valence-electron chi connectivity index (χ3n) is 3.24. The molecule has 4 heteroatoms. The van der Waals surface area contributed by atoms with Crippen LogP contribution in [0.3, 0.4) is 0 Å². The second-order valence-corrected chi connectivity index (χ2v) is 5.63. The summed E-state index contributed by atoms with van der Waals surface area (Å²) < 4.78 is 0. The van der Waals surface area contributed by atoms with Crippen LogP contribution in [-0.4, -0.2) is 15.0 Å². The third kappa shape index (κ3) is 1.90. The lowest BCUT2D eigenvalue weighted by Gasteiger charge is -1.97. The van der Waals surface area contributed by atoms with Gasteiger partial charge in [0.25, 0.3) is 0 Å². The number of hydrogen-bond acceptors (Lipinski definition) is 3. The molecule has 0 aliphatic rings. The highest BCUT2D eigenvalue weighted by Gasteiger charge is 2.06. The monoisotopic (exact) mass is 277 g/mol. The highest BCUT2D eigenvalue weighted by molar-refractivity contribution is 7.18. The van der Waals surface area contributed by atoms with E-state index < -0.39 is 0 Å². The van der Waals surface area contributed by atoms with E-state index in [1.165, 1.54) is 9.75 Å². The van der Waals surface area contributed by atoms with E-state index in [1.54, 1.807) is 17.5 Å². The fraction of sp³-hybridized carbons (Fsp3) is 0. The lowest BCUT2D eigenvalue weighted by molar-refractivity contribution is 1.33. The average molecular weight is 277 g/mol. The largest absolute Gasteiger partial charge is 0.346 e. The van der Waals surface area contributed by atoms with Gasteiger partial charge in [-0.05, 0) is 30.3 Å². The lowest BCUT2D eigenvalue weighted by Crippen LogP contribution is -1.78. The van der Waals surface area contributed by atoms with Crippen LogP contribution in [0.4, 0.5) is 0 Å². The van der Waals surface area contributed by atoms with Crippen molar-refractivity contribution in [2.24, 2.45) is 0 Å². The molecule has 1 N–H and O–H groups in total. The molecule has 0 atom stereocenters. The van der Waals surface area contributed by atoms with Crippen molar-refractivity contribution < 1.29 is 0 Å². The number of H-pyrrole nitrogens is 1. The maximum absolute atomic E-state index is 4.44. The molecule has 0 bridgehead atoms. The zero-order chi connectivity index (χ0) is 13.4. The SMILES string of the molecule is c1cncc(-c2ccc(-c3cnc4[nH]ccc4c3)s2)c1. The van der Waals surface area contributed by atoms with Crippen molar-refractivity contribution in [3.05, 3.63) is 61.2 Å². The first-order chi connectivity index (χ1) is 9.90. The predicted octanol–water partition coefficient (Wildman–Crippen LogP) is 4.35. The van der Waals surface area contributed by atoms with E-state index in [0.717, 1.165) is 22.2 Å². The van der Waals surface area contributed by atoms with Crippen LogP contribution in [0.15, 0.2) is 61.2 Å². The van der Waals surface area contributed by atoms with Crippen LogP contribution in [-0.2, 0) is 0 Å². The van der Waals surface area contributed by atoms with Gasteiger partial charge in [-0.2, -0.15) is 0 Å². The molecule has 0 amide bonds. The third-order valence-corrected chi connectivity index (χ3v) is 4.42. The molecule has 0 radical (unpaired) electrons. The van der Waals surface area contributed by atoms with Crippen molar-refractivity contribution in [3.8, 4) is 20.9 Å². The van der Waals surface area contributed by atoms with Gasteiger partial charge in [0.2, 0.25) is 0 Å². The van der Waals surface area contributed by atoms with Gasteiger partial charge in [-0.25, -0.2) is 4.98 Å². The van der Waals surface area contributed by atoms with Gasteiger partial charge in [-0.3, -0.25) is 4.98 Å². The van der Waals surface area contributed by atoms with Crippen molar-refractivity contribution in [2.75, 3.05) is 0 Å². The molecule has 0 saturated heterocycles. The minimum Gasteiger partial charge on any atom is -0.346 e. The second-order valence-electron chi connectivity index (χ2n) is 4.55. The van der Waals surface area contributed by atoms with Crippen molar-refractivity contribution >= 4 is 22.4 Å². The number of aromatic nitrogens is 3. The summed E-state index contributed by atoms with van der Waals surface area (Å²) in [5, 5.41) is 1.14. The number of rotatable bonds is 2. The first kappa shape index (κ1) is 11.4. The zero-order valence-electron chi connectivity index (χ0n) is 10.6. The van der Waals surface area contributed by atoms with Crippen molar-refractivity contribution in [1.29, 1.82) is 0 Å². The maximum atomic E-state index is 4.44. The van der Waals surface area contributed by atoms with E-state index >= 15 is 0 Å². The Morgan fingerprint density at radius 1 is 0.950 bits per heavy atom. The molecule has 0 spiro atoms. The Balaban J connectivity index is 1.77. The smallest absolute Gasteiger partial charge is 0.137 e. The first-order valence-corrected chi connectivity index (χ1v) is 7.15. The van der Waals surface area contributed by atoms with Crippen LogP contribution in [0.25, 0.3) is 31.9 Å². The van der Waals surface area contributed by atoms with Crippen LogP contribution < -0.4 is 0 Å². The normalized spacial score (nSPS) is 11.0. The fourth-order valence-electron chi connectivity index (χ4n) is 2.23. The van der Waals surface area contributed by atoms with E-state index in [2.05, 4.69) is 39.2 Å². The summed E-state index contributed by atoms with van der Waals surface area (Å²) in [6.07, 6.45) is 7.51. The number of pyridine rings is 2. The van der Waals surface area contributed by atoms with Crippen molar-refractivity contribution in [3.63, 3.8) is 0 Å². The van der Waals surface area contributed by atoms with Crippen molar-refractivity contribution in [2.45, 2.75) is 0 Å². The van der Waals surface area contributed by atoms with E-state index in [-0.39, 0.29) is 0 Å². The summed E-state index contributed by atoms with van der Waals surface area (Å²) in [5.41, 5.74) is 3.23. The van der Waals surface area contributed by atoms with E-state index in [4.69, 9.17) is 0 Å². The molecule has 3 nitrogen and oxygen atoms in total. The highest BCUT2D eigenvalue weighted by Crippen LogP contribution is 2.34. The lowest BCUT2D eigenvalue weighted by atomic mass is 10.2. The Morgan fingerprint density at radius 2 is 1.85 bits per heavy atom. The summed E-state index contributed by atoms with van der Waals surface area (Å²) in [6, 6.07) is 12.5. The van der Waals surface area contributed by atoms with Gasteiger partial charge in [0.1, 0.15) is 5.65 Å². The Labute approximate surface area is 120 Å². The second kappa shape index (κ2) is 4.58. The van der Waals surface area contributed by atoms with Gasteiger partial charge in [0.15, 0.2) is 0 Å². The van der Waals surface area contributed by atoms with E-state index in [9.17, 15) is 0 Å². The highest BCUT2D eigenvalue weighted by atomic mass is 32.1. The molecule has 0 unspecified atom stereocenters. The number of nitrogens with one attached hydrogen (secondary N) is 1. The number of hydrogen-bond donors (Lipinski definition) is 1. The van der Waals surface area contributed by atoms with Crippen LogP contribution in [0.1, 0.15) is 0 Å². The summed E-state index contributed by atoms with van der Waals surface area (Å²) in [4.78, 5) is 14.2. The number of fused-ring (bicyclic) bond motifs is 1. The Bertz CT molecular complexity index is 861. The summed E-state index contributed by atoms with van der Waals surface area (Å²) in [6.45, 7) is 0. The molecule has 0 aliphatic heterocycles. The summed E-state index contributed by atoms with van der Waals surface area (Å²) >= 11 is 1.76. The molecule has 96 valence electrons. The van der Waals surface area contributed by atoms with Gasteiger partial charge in [-0.1, -0.05) is 6.07 Å². The average Bonchev–Trinajstić information content (AvgIpc) is 3.16. The molecule has 4 rings (SSSR count). The molecule has 4 aromatic rings. The molecular formula is C16H11N3S. The van der Waals surface area contributed by atoms with Crippen molar-refractivity contribution in [1.82, 2.24) is 15.0 Å². The molecule has 0 aromatic carbocycles. The van der Waals surface area contributed by atoms with Gasteiger partial charge in [0, 0.05) is 51.1 Å². The Kier molecular flexibility index (Phi) is 2.60. The molecule has 0 fully saturated rings. The fourth-order valence-corrected chi connectivity index (χ4v) is 3.21. The topological polar surface area (TPSA) is 41.6 Å². The Hall–Kier alpha value is -2.46.